The van der Waals surface area contributed by atoms with Crippen LogP contribution in [0.1, 0.15) is 13.3 Å². The third-order valence-corrected chi connectivity index (χ3v) is 1.90. The van der Waals surface area contributed by atoms with Crippen molar-refractivity contribution in [1.29, 1.82) is 0 Å². The van der Waals surface area contributed by atoms with Crippen LogP contribution in [-0.4, -0.2) is 21.2 Å². The van der Waals surface area contributed by atoms with E-state index in [0.29, 0.717) is 6.56 Å². The average Bonchev–Trinajstić information content (AvgIpc) is 1.59. The summed E-state index contributed by atoms with van der Waals surface area (Å²) in [6.45, 7) is 2.31. The van der Waals surface area contributed by atoms with E-state index in [1.807, 2.05) is 6.92 Å². The van der Waals surface area contributed by atoms with Crippen LogP contribution in [0.2, 0.25) is 6.32 Å². The fraction of sp³-hybridized carbons (Fsp3) is 1.00. The normalized spacial score (nSPS) is 11.2. The predicted octanol–water partition coefficient (Wildman–Crippen LogP) is 0.211. The molecule has 0 heterocycles. The molecule has 0 aromatic heterocycles. The van der Waals surface area contributed by atoms with Gasteiger partial charge in [0.15, 0.2) is 0 Å². The van der Waals surface area contributed by atoms with Gasteiger partial charge in [0.05, 0.1) is 9.69 Å². The van der Waals surface area contributed by atoms with Gasteiger partial charge in [-0.3, -0.25) is 0 Å². The Labute approximate surface area is 51.3 Å². The second-order valence-electron chi connectivity index (χ2n) is 1.98. The van der Waals surface area contributed by atoms with Crippen LogP contribution in [0, 0.1) is 0 Å². The van der Waals surface area contributed by atoms with Gasteiger partial charge in [-0.15, -0.1) is 0 Å². The molecular weight excluding hydrogens is 123 g/mol. The van der Waals surface area contributed by atoms with E-state index in [1.165, 1.54) is 6.26 Å². The minimum Gasteiger partial charge on any atom is -0.242 e. The van der Waals surface area contributed by atoms with Crippen LogP contribution in [0.5, 0.6) is 0 Å². The lowest BCUT2D eigenvalue weighted by atomic mass is 10.0. The molecule has 0 bridgehead atoms. The monoisotopic (exact) mass is 134 g/mol. The largest absolute Gasteiger partial charge is 0.273 e. The van der Waals surface area contributed by atoms with Crippen LogP contribution in [-0.2, 0) is 9.69 Å². The van der Waals surface area contributed by atoms with Gasteiger partial charge in [-0.05, 0) is 0 Å². The third kappa shape index (κ3) is 6.01. The van der Waals surface area contributed by atoms with E-state index in [0.717, 1.165) is 12.7 Å². The topological polar surface area (TPSA) is 34.1 Å². The summed E-state index contributed by atoms with van der Waals surface area (Å²) in [7, 11) is -2.69. The molecule has 48 valence electrons. The van der Waals surface area contributed by atoms with Gasteiger partial charge in [-0.1, -0.05) is 19.7 Å². The minimum atomic E-state index is -2.69. The zero-order chi connectivity index (χ0) is 6.62. The van der Waals surface area contributed by atoms with Crippen molar-refractivity contribution in [3.05, 3.63) is 0 Å². The van der Waals surface area contributed by atoms with Crippen molar-refractivity contribution in [1.82, 2.24) is 0 Å². The Balaban J connectivity index is 3.42. The van der Waals surface area contributed by atoms with E-state index in [-0.39, 0.29) is 0 Å². The molecule has 0 saturated carbocycles. The van der Waals surface area contributed by atoms with Gasteiger partial charge >= 0.3 is 0 Å². The SMILES string of the molecule is CCCBS(C)(=O)=O. The highest BCUT2D eigenvalue weighted by Crippen LogP contribution is 1.89. The van der Waals surface area contributed by atoms with Gasteiger partial charge in [0.1, 0.15) is 0 Å². The molecule has 0 amide bonds. The Kier molecular flexibility index (Phi) is 3.13. The summed E-state index contributed by atoms with van der Waals surface area (Å²) < 4.78 is 20.8. The number of rotatable bonds is 3. The zero-order valence-corrected chi connectivity index (χ0v) is 6.16. The number of hydrogen-bond donors (Lipinski definition) is 0. The van der Waals surface area contributed by atoms with Gasteiger partial charge < -0.3 is 0 Å². The molecular formula is C4H11BO2S. The Morgan fingerprint density at radius 1 is 1.50 bits per heavy atom. The summed E-state index contributed by atoms with van der Waals surface area (Å²) in [6, 6.07) is 0. The van der Waals surface area contributed by atoms with Crippen LogP contribution in [0.25, 0.3) is 0 Å². The van der Waals surface area contributed by atoms with Crippen LogP contribution in [0.4, 0.5) is 0 Å². The number of hydrogen-bond acceptors (Lipinski definition) is 2. The first-order valence-electron chi connectivity index (χ1n) is 2.74. The van der Waals surface area contributed by atoms with Crippen LogP contribution in [0.3, 0.4) is 0 Å². The Bertz CT molecular complexity index is 138. The van der Waals surface area contributed by atoms with Crippen molar-refractivity contribution in [2.75, 3.05) is 6.26 Å². The second-order valence-corrected chi connectivity index (χ2v) is 4.24. The highest BCUT2D eigenvalue weighted by atomic mass is 32.2. The zero-order valence-electron chi connectivity index (χ0n) is 5.35. The molecule has 0 saturated heterocycles. The maximum Gasteiger partial charge on any atom is 0.273 e. The predicted molar refractivity (Wildman–Crippen MR) is 37.1 cm³/mol. The summed E-state index contributed by atoms with van der Waals surface area (Å²) in [4.78, 5) is 0. The van der Waals surface area contributed by atoms with Gasteiger partial charge in [-0.25, -0.2) is 8.42 Å². The summed E-state index contributed by atoms with van der Waals surface area (Å²) in [5.74, 6) is 0. The molecule has 0 aliphatic carbocycles. The molecule has 0 aliphatic heterocycles. The molecule has 0 fully saturated rings. The van der Waals surface area contributed by atoms with Crippen LogP contribution >= 0.6 is 0 Å². The van der Waals surface area contributed by atoms with Gasteiger partial charge in [0.2, 0.25) is 0 Å². The fourth-order valence-electron chi connectivity index (χ4n) is 0.407. The maximum atomic E-state index is 10.4. The van der Waals surface area contributed by atoms with Gasteiger partial charge in [-0.2, -0.15) is 0 Å². The molecule has 0 rings (SSSR count). The Hall–Kier alpha value is 0.0149. The van der Waals surface area contributed by atoms with Crippen LogP contribution in [0.15, 0.2) is 0 Å². The van der Waals surface area contributed by atoms with E-state index in [4.69, 9.17) is 0 Å². The molecule has 0 aromatic rings. The fourth-order valence-corrected chi connectivity index (χ4v) is 1.22. The van der Waals surface area contributed by atoms with E-state index in [2.05, 4.69) is 0 Å². The lowest BCUT2D eigenvalue weighted by molar-refractivity contribution is 0.614. The molecule has 0 N–H and O–H groups in total. The first-order chi connectivity index (χ1) is 3.56. The molecule has 8 heavy (non-hydrogen) atoms. The summed E-state index contributed by atoms with van der Waals surface area (Å²) in [6.07, 6.45) is 3.01. The first kappa shape index (κ1) is 8.01. The van der Waals surface area contributed by atoms with E-state index >= 15 is 0 Å². The standard InChI is InChI=1S/C4H11BO2S/c1-3-4-5-8(2,6)7/h5H,3-4H2,1-2H3. The molecule has 4 heteroatoms. The van der Waals surface area contributed by atoms with Crippen molar-refractivity contribution in [2.45, 2.75) is 19.7 Å². The molecule has 0 atom stereocenters. The molecule has 0 aliphatic rings. The molecule has 0 aromatic carbocycles. The van der Waals surface area contributed by atoms with Crippen molar-refractivity contribution in [2.24, 2.45) is 0 Å². The molecule has 0 radical (unpaired) electrons. The minimum absolute atomic E-state index is 0.337. The Morgan fingerprint density at radius 3 is 2.12 bits per heavy atom. The van der Waals surface area contributed by atoms with Gasteiger partial charge in [0.25, 0.3) is 6.56 Å². The van der Waals surface area contributed by atoms with E-state index in [9.17, 15) is 8.42 Å². The second kappa shape index (κ2) is 3.12. The summed E-state index contributed by atoms with van der Waals surface area (Å²) >= 11 is 0. The summed E-state index contributed by atoms with van der Waals surface area (Å²) in [5, 5.41) is 0. The smallest absolute Gasteiger partial charge is 0.242 e. The highest BCUT2D eigenvalue weighted by molar-refractivity contribution is 8.14. The Morgan fingerprint density at radius 2 is 2.00 bits per heavy atom. The molecule has 0 spiro atoms. The summed E-state index contributed by atoms with van der Waals surface area (Å²) in [5.41, 5.74) is 0. The molecule has 0 unspecified atom stereocenters. The first-order valence-corrected chi connectivity index (χ1v) is 4.80. The van der Waals surface area contributed by atoms with Gasteiger partial charge in [0, 0.05) is 6.26 Å². The highest BCUT2D eigenvalue weighted by Gasteiger charge is 2.01. The van der Waals surface area contributed by atoms with E-state index in [1.54, 1.807) is 0 Å². The van der Waals surface area contributed by atoms with Crippen molar-refractivity contribution >= 4 is 16.2 Å². The van der Waals surface area contributed by atoms with E-state index < -0.39 is 9.69 Å². The maximum absolute atomic E-state index is 10.4. The average molecular weight is 134 g/mol. The quantitative estimate of drug-likeness (QED) is 0.517. The van der Waals surface area contributed by atoms with Crippen molar-refractivity contribution in [3.8, 4) is 0 Å². The van der Waals surface area contributed by atoms with Crippen molar-refractivity contribution < 1.29 is 8.42 Å². The molecule has 2 nitrogen and oxygen atoms in total. The third-order valence-electron chi connectivity index (χ3n) is 0.869. The van der Waals surface area contributed by atoms with Crippen molar-refractivity contribution in [3.63, 3.8) is 0 Å². The van der Waals surface area contributed by atoms with Crippen LogP contribution < -0.4 is 0 Å². The lowest BCUT2D eigenvalue weighted by Gasteiger charge is -1.88. The lowest BCUT2D eigenvalue weighted by Crippen LogP contribution is -2.05.